The Labute approximate surface area is 202 Å². The Morgan fingerprint density at radius 3 is 1.82 bits per heavy atom. The number of hydrogen-bond acceptors (Lipinski definition) is 4. The quantitative estimate of drug-likeness (QED) is 0.262. The number of benzene rings is 3. The molecule has 33 heavy (non-hydrogen) atoms. The van der Waals surface area contributed by atoms with Crippen molar-refractivity contribution in [2.75, 3.05) is 9.80 Å². The number of ether oxygens (including phenoxy) is 1. The molecule has 1 fully saturated rings. The standard InChI is InChI=1S/C26H21ClN2O3S/c1-17(2)32-23-14-13-18(16-22(23)27)15-21-24(30)28(19-9-5-3-6-10-19)26(33)29(25(21)31)20-11-7-4-8-12-20/h3-17H,1-2H3. The molecule has 1 heterocycles. The summed E-state index contributed by atoms with van der Waals surface area (Å²) in [6.07, 6.45) is 1.50. The van der Waals surface area contributed by atoms with Crippen LogP contribution in [-0.2, 0) is 9.59 Å². The van der Waals surface area contributed by atoms with Gasteiger partial charge in [-0.3, -0.25) is 19.4 Å². The summed E-state index contributed by atoms with van der Waals surface area (Å²) in [6, 6.07) is 23.2. The topological polar surface area (TPSA) is 49.9 Å². The second-order valence-corrected chi connectivity index (χ2v) is 8.42. The molecule has 166 valence electrons. The lowest BCUT2D eigenvalue weighted by molar-refractivity contribution is -0.120. The molecule has 5 nitrogen and oxygen atoms in total. The summed E-state index contributed by atoms with van der Waals surface area (Å²) < 4.78 is 5.68. The van der Waals surface area contributed by atoms with E-state index >= 15 is 0 Å². The lowest BCUT2D eigenvalue weighted by Crippen LogP contribution is -2.56. The van der Waals surface area contributed by atoms with E-state index in [0.29, 0.717) is 27.7 Å². The van der Waals surface area contributed by atoms with Crippen molar-refractivity contribution in [1.82, 2.24) is 0 Å². The zero-order chi connectivity index (χ0) is 23.5. The summed E-state index contributed by atoms with van der Waals surface area (Å²) in [5.41, 5.74) is 1.72. The molecular weight excluding hydrogens is 456 g/mol. The number of rotatable bonds is 5. The molecule has 2 amide bonds. The molecule has 0 unspecified atom stereocenters. The van der Waals surface area contributed by atoms with Gasteiger partial charge in [-0.15, -0.1) is 0 Å². The molecule has 1 aliphatic heterocycles. The number of carbonyl (C=O) groups is 2. The Balaban J connectivity index is 1.81. The number of hydrogen-bond donors (Lipinski definition) is 0. The molecule has 3 aromatic rings. The minimum absolute atomic E-state index is 0.0232. The van der Waals surface area contributed by atoms with E-state index < -0.39 is 11.8 Å². The smallest absolute Gasteiger partial charge is 0.270 e. The Morgan fingerprint density at radius 2 is 1.36 bits per heavy atom. The molecule has 0 aliphatic carbocycles. The highest BCUT2D eigenvalue weighted by Crippen LogP contribution is 2.31. The number of para-hydroxylation sites is 2. The van der Waals surface area contributed by atoms with Gasteiger partial charge < -0.3 is 4.74 Å². The first-order valence-corrected chi connectivity index (χ1v) is 11.2. The second-order valence-electron chi connectivity index (χ2n) is 7.65. The Morgan fingerprint density at radius 1 is 0.848 bits per heavy atom. The van der Waals surface area contributed by atoms with Gasteiger partial charge in [0.05, 0.1) is 22.5 Å². The summed E-state index contributed by atoms with van der Waals surface area (Å²) in [7, 11) is 0. The Bertz CT molecular complexity index is 1180. The molecule has 0 N–H and O–H groups in total. The fourth-order valence-corrected chi connectivity index (χ4v) is 4.07. The van der Waals surface area contributed by atoms with E-state index in [1.165, 1.54) is 15.9 Å². The van der Waals surface area contributed by atoms with E-state index in [9.17, 15) is 9.59 Å². The molecule has 4 rings (SSSR count). The monoisotopic (exact) mass is 476 g/mol. The van der Waals surface area contributed by atoms with E-state index in [1.54, 1.807) is 42.5 Å². The number of amides is 2. The minimum Gasteiger partial charge on any atom is -0.489 e. The van der Waals surface area contributed by atoms with Crippen molar-refractivity contribution in [2.24, 2.45) is 0 Å². The van der Waals surface area contributed by atoms with Gasteiger partial charge in [0, 0.05) is 0 Å². The highest BCUT2D eigenvalue weighted by atomic mass is 35.5. The maximum Gasteiger partial charge on any atom is 0.270 e. The lowest BCUT2D eigenvalue weighted by Gasteiger charge is -2.36. The van der Waals surface area contributed by atoms with Crippen LogP contribution in [0.1, 0.15) is 19.4 Å². The Hall–Kier alpha value is -3.48. The molecule has 0 spiro atoms. The molecule has 3 aromatic carbocycles. The molecule has 0 radical (unpaired) electrons. The molecule has 1 saturated heterocycles. The van der Waals surface area contributed by atoms with Gasteiger partial charge in [-0.1, -0.05) is 54.1 Å². The van der Waals surface area contributed by atoms with Crippen LogP contribution < -0.4 is 14.5 Å². The largest absolute Gasteiger partial charge is 0.489 e. The second kappa shape index (κ2) is 9.57. The average Bonchev–Trinajstić information content (AvgIpc) is 2.80. The third kappa shape index (κ3) is 4.67. The SMILES string of the molecule is CC(C)Oc1ccc(C=C2C(=O)N(c3ccccc3)C(=S)N(c3ccccc3)C2=O)cc1Cl. The molecule has 0 saturated carbocycles. The fraction of sp³-hybridized carbons (Fsp3) is 0.115. The maximum absolute atomic E-state index is 13.5. The number of carbonyl (C=O) groups excluding carboxylic acids is 2. The van der Waals surface area contributed by atoms with E-state index in [2.05, 4.69) is 0 Å². The van der Waals surface area contributed by atoms with Crippen molar-refractivity contribution in [1.29, 1.82) is 0 Å². The number of thiocarbonyl (C=S) groups is 1. The van der Waals surface area contributed by atoms with Crippen LogP contribution in [0.2, 0.25) is 5.02 Å². The van der Waals surface area contributed by atoms with Gasteiger partial charge in [-0.2, -0.15) is 0 Å². The number of halogens is 1. The summed E-state index contributed by atoms with van der Waals surface area (Å²) in [5.74, 6) is -0.461. The van der Waals surface area contributed by atoms with Crippen molar-refractivity contribution < 1.29 is 14.3 Å². The van der Waals surface area contributed by atoms with Crippen LogP contribution >= 0.6 is 23.8 Å². The van der Waals surface area contributed by atoms with E-state index in [-0.39, 0.29) is 16.8 Å². The van der Waals surface area contributed by atoms with Crippen molar-refractivity contribution >= 4 is 58.2 Å². The number of nitrogens with zero attached hydrogens (tertiary/aromatic N) is 2. The highest BCUT2D eigenvalue weighted by molar-refractivity contribution is 7.81. The van der Waals surface area contributed by atoms with Crippen molar-refractivity contribution in [3.8, 4) is 5.75 Å². The van der Waals surface area contributed by atoms with Crippen molar-refractivity contribution in [3.05, 3.63) is 95.0 Å². The molecule has 7 heteroatoms. The van der Waals surface area contributed by atoms with Gasteiger partial charge in [0.25, 0.3) is 11.8 Å². The first kappa shape index (κ1) is 22.7. The van der Waals surface area contributed by atoms with E-state index in [0.717, 1.165) is 0 Å². The van der Waals surface area contributed by atoms with Crippen LogP contribution in [0, 0.1) is 0 Å². The maximum atomic E-state index is 13.5. The van der Waals surface area contributed by atoms with Crippen LogP contribution in [0.5, 0.6) is 5.75 Å². The van der Waals surface area contributed by atoms with Gasteiger partial charge in [0.1, 0.15) is 11.3 Å². The zero-order valence-electron chi connectivity index (χ0n) is 18.1. The summed E-state index contributed by atoms with van der Waals surface area (Å²) in [5, 5.41) is 0.488. The summed E-state index contributed by atoms with van der Waals surface area (Å²) in [6.45, 7) is 3.82. The summed E-state index contributed by atoms with van der Waals surface area (Å²) >= 11 is 12.0. The van der Waals surface area contributed by atoms with Gasteiger partial charge >= 0.3 is 0 Å². The van der Waals surface area contributed by atoms with E-state index in [4.69, 9.17) is 28.6 Å². The van der Waals surface area contributed by atoms with Crippen LogP contribution in [0.25, 0.3) is 6.08 Å². The van der Waals surface area contributed by atoms with Crippen LogP contribution in [0.3, 0.4) is 0 Å². The Kier molecular flexibility index (Phi) is 6.58. The molecular formula is C26H21ClN2O3S. The molecule has 0 bridgehead atoms. The number of anilines is 2. The van der Waals surface area contributed by atoms with Gasteiger partial charge in [0.2, 0.25) is 0 Å². The average molecular weight is 477 g/mol. The first-order valence-electron chi connectivity index (χ1n) is 10.4. The highest BCUT2D eigenvalue weighted by Gasteiger charge is 2.41. The predicted molar refractivity (Wildman–Crippen MR) is 136 cm³/mol. The normalized spacial score (nSPS) is 14.2. The van der Waals surface area contributed by atoms with Crippen molar-refractivity contribution in [2.45, 2.75) is 20.0 Å². The van der Waals surface area contributed by atoms with E-state index in [1.807, 2.05) is 50.2 Å². The third-order valence-electron chi connectivity index (χ3n) is 4.91. The van der Waals surface area contributed by atoms with Crippen LogP contribution in [0.15, 0.2) is 84.4 Å². The molecule has 0 aromatic heterocycles. The zero-order valence-corrected chi connectivity index (χ0v) is 19.6. The molecule has 1 aliphatic rings. The minimum atomic E-state index is -0.498. The van der Waals surface area contributed by atoms with Gasteiger partial charge in [0.15, 0.2) is 5.11 Å². The summed E-state index contributed by atoms with van der Waals surface area (Å²) in [4.78, 5) is 29.7. The van der Waals surface area contributed by atoms with Crippen molar-refractivity contribution in [3.63, 3.8) is 0 Å². The molecule has 0 atom stereocenters. The first-order chi connectivity index (χ1) is 15.9. The van der Waals surface area contributed by atoms with Gasteiger partial charge in [-0.05, 0) is 74.1 Å². The van der Waals surface area contributed by atoms with Gasteiger partial charge in [-0.25, -0.2) is 0 Å². The fourth-order valence-electron chi connectivity index (χ4n) is 3.46. The third-order valence-corrected chi connectivity index (χ3v) is 5.57. The van der Waals surface area contributed by atoms with Crippen LogP contribution in [-0.4, -0.2) is 23.0 Å². The predicted octanol–water partition coefficient (Wildman–Crippen LogP) is 5.88. The van der Waals surface area contributed by atoms with Crippen LogP contribution in [0.4, 0.5) is 11.4 Å². The lowest BCUT2D eigenvalue weighted by atomic mass is 10.0.